The second-order valence-corrected chi connectivity index (χ2v) is 5.05. The molecule has 0 saturated heterocycles. The first-order valence-corrected chi connectivity index (χ1v) is 5.89. The van der Waals surface area contributed by atoms with E-state index in [4.69, 9.17) is 0 Å². The largest absolute Gasteiger partial charge is 0.314 e. The van der Waals surface area contributed by atoms with Crippen LogP contribution in [0.5, 0.6) is 0 Å². The predicted octanol–water partition coefficient (Wildman–Crippen LogP) is 0.872. The second-order valence-electron chi connectivity index (χ2n) is 5.05. The van der Waals surface area contributed by atoms with Crippen molar-refractivity contribution in [3.8, 4) is 0 Å². The van der Waals surface area contributed by atoms with Crippen molar-refractivity contribution in [2.24, 2.45) is 0 Å². The molecule has 0 radical (unpaired) electrons. The zero-order chi connectivity index (χ0) is 12.9. The summed E-state index contributed by atoms with van der Waals surface area (Å²) in [7, 11) is 5.48. The number of nitrogens with zero attached hydrogens (tertiary/aromatic N) is 3. The number of rotatable bonds is 7. The molecule has 2 N–H and O–H groups in total. The summed E-state index contributed by atoms with van der Waals surface area (Å²) < 4.78 is 0.0366. The molecule has 0 aromatic carbocycles. The van der Waals surface area contributed by atoms with Crippen LogP contribution in [0.2, 0.25) is 0 Å². The SMILES string of the molecule is CC[N+](C)(O)CC(C)N(C)CC(C)N(C)O. The molecule has 0 rings (SSSR count). The Hall–Kier alpha value is -0.200. The zero-order valence-electron chi connectivity index (χ0n) is 11.5. The Morgan fingerprint density at radius 1 is 1.19 bits per heavy atom. The van der Waals surface area contributed by atoms with Crippen LogP contribution in [0.1, 0.15) is 20.8 Å². The molecule has 98 valence electrons. The lowest BCUT2D eigenvalue weighted by atomic mass is 10.2. The van der Waals surface area contributed by atoms with E-state index in [1.165, 1.54) is 5.06 Å². The summed E-state index contributed by atoms with van der Waals surface area (Å²) in [5.41, 5.74) is 0. The molecule has 0 aliphatic carbocycles. The fourth-order valence-corrected chi connectivity index (χ4v) is 1.55. The van der Waals surface area contributed by atoms with E-state index in [9.17, 15) is 10.4 Å². The summed E-state index contributed by atoms with van der Waals surface area (Å²) in [6.07, 6.45) is 0. The maximum absolute atomic E-state index is 9.94. The van der Waals surface area contributed by atoms with Crippen LogP contribution >= 0.6 is 0 Å². The monoisotopic (exact) mass is 234 g/mol. The van der Waals surface area contributed by atoms with Crippen LogP contribution in [0.15, 0.2) is 0 Å². The van der Waals surface area contributed by atoms with Crippen molar-refractivity contribution in [3.63, 3.8) is 0 Å². The van der Waals surface area contributed by atoms with Crippen LogP contribution < -0.4 is 0 Å². The Balaban J connectivity index is 4.13. The van der Waals surface area contributed by atoms with Crippen LogP contribution in [0, 0.1) is 0 Å². The minimum absolute atomic E-state index is 0.0366. The average Bonchev–Trinajstić information content (AvgIpc) is 2.16. The van der Waals surface area contributed by atoms with Gasteiger partial charge in [-0.25, -0.2) is 5.21 Å². The maximum Gasteiger partial charge on any atom is 0.124 e. The highest BCUT2D eigenvalue weighted by atomic mass is 16.5. The number of quaternary nitrogens is 1. The van der Waals surface area contributed by atoms with Gasteiger partial charge in [-0.15, -0.1) is 0 Å². The molecule has 5 heteroatoms. The molecule has 0 aliphatic heterocycles. The van der Waals surface area contributed by atoms with Gasteiger partial charge in [-0.05, 0) is 27.8 Å². The van der Waals surface area contributed by atoms with Gasteiger partial charge in [0.15, 0.2) is 0 Å². The van der Waals surface area contributed by atoms with Crippen molar-refractivity contribution in [1.29, 1.82) is 0 Å². The number of hydrogen-bond acceptors (Lipinski definition) is 4. The van der Waals surface area contributed by atoms with Crippen molar-refractivity contribution in [3.05, 3.63) is 0 Å². The van der Waals surface area contributed by atoms with Gasteiger partial charge in [0.25, 0.3) is 0 Å². The van der Waals surface area contributed by atoms with E-state index in [0.717, 1.165) is 6.54 Å². The van der Waals surface area contributed by atoms with Gasteiger partial charge in [0.2, 0.25) is 0 Å². The van der Waals surface area contributed by atoms with Gasteiger partial charge in [-0.2, -0.15) is 9.71 Å². The minimum atomic E-state index is 0.0366. The summed E-state index contributed by atoms with van der Waals surface area (Å²) in [4.78, 5) is 2.15. The highest BCUT2D eigenvalue weighted by Crippen LogP contribution is 2.05. The van der Waals surface area contributed by atoms with Gasteiger partial charge < -0.3 is 5.21 Å². The summed E-state index contributed by atoms with van der Waals surface area (Å²) in [6, 6.07) is 0.365. The molecule has 0 aromatic heterocycles. The number of hydrogen-bond donors (Lipinski definition) is 2. The molecule has 0 aliphatic rings. The fourth-order valence-electron chi connectivity index (χ4n) is 1.55. The van der Waals surface area contributed by atoms with E-state index in [-0.39, 0.29) is 16.7 Å². The molecule has 0 heterocycles. The Bertz CT molecular complexity index is 198. The minimum Gasteiger partial charge on any atom is -0.314 e. The molecular formula is C11H28N3O2+. The fraction of sp³-hybridized carbons (Fsp3) is 1.00. The molecule has 0 spiro atoms. The first-order valence-electron chi connectivity index (χ1n) is 5.89. The Kier molecular flexibility index (Phi) is 6.43. The first kappa shape index (κ1) is 15.8. The molecular weight excluding hydrogens is 206 g/mol. The van der Waals surface area contributed by atoms with Gasteiger partial charge >= 0.3 is 0 Å². The average molecular weight is 234 g/mol. The van der Waals surface area contributed by atoms with E-state index in [2.05, 4.69) is 11.8 Å². The molecule has 0 amide bonds. The van der Waals surface area contributed by atoms with Crippen molar-refractivity contribution < 1.29 is 15.1 Å². The summed E-state index contributed by atoms with van der Waals surface area (Å²) in [6.45, 7) is 8.19. The van der Waals surface area contributed by atoms with Gasteiger partial charge in [-0.3, -0.25) is 4.90 Å². The lowest BCUT2D eigenvalue weighted by Crippen LogP contribution is -2.51. The third-order valence-corrected chi connectivity index (χ3v) is 3.28. The Morgan fingerprint density at radius 2 is 1.69 bits per heavy atom. The normalized spacial score (nSPS) is 19.9. The molecule has 3 unspecified atom stereocenters. The highest BCUT2D eigenvalue weighted by molar-refractivity contribution is 4.67. The van der Waals surface area contributed by atoms with Crippen molar-refractivity contribution in [2.45, 2.75) is 32.9 Å². The lowest BCUT2D eigenvalue weighted by molar-refractivity contribution is -1.09. The van der Waals surface area contributed by atoms with Gasteiger partial charge in [0.1, 0.15) is 13.1 Å². The number of likely N-dealkylation sites (N-methyl/N-ethyl adjacent to an activating group) is 3. The van der Waals surface area contributed by atoms with Crippen LogP contribution in [-0.4, -0.2) is 77.9 Å². The van der Waals surface area contributed by atoms with Crippen LogP contribution in [-0.2, 0) is 0 Å². The van der Waals surface area contributed by atoms with Crippen molar-refractivity contribution in [1.82, 2.24) is 9.96 Å². The molecule has 5 nitrogen and oxygen atoms in total. The third-order valence-electron chi connectivity index (χ3n) is 3.28. The molecule has 0 saturated carbocycles. The van der Waals surface area contributed by atoms with Crippen molar-refractivity contribution in [2.75, 3.05) is 40.8 Å². The lowest BCUT2D eigenvalue weighted by Gasteiger charge is -2.33. The quantitative estimate of drug-likeness (QED) is 0.507. The van der Waals surface area contributed by atoms with E-state index in [1.54, 1.807) is 7.05 Å². The molecule has 16 heavy (non-hydrogen) atoms. The standard InChI is InChI=1S/C11H28N3O2/c1-7-14(6,16)9-11(3)12(4)8-10(2)13(5)15/h10-11,15-16H,7-9H2,1-6H3/q+1. The third kappa shape index (κ3) is 5.77. The molecule has 3 atom stereocenters. The van der Waals surface area contributed by atoms with E-state index >= 15 is 0 Å². The smallest absolute Gasteiger partial charge is 0.124 e. The van der Waals surface area contributed by atoms with Crippen LogP contribution in [0.25, 0.3) is 0 Å². The van der Waals surface area contributed by atoms with Gasteiger partial charge in [0.05, 0.1) is 13.1 Å². The second kappa shape index (κ2) is 6.51. The van der Waals surface area contributed by atoms with E-state index in [1.807, 2.05) is 27.9 Å². The van der Waals surface area contributed by atoms with E-state index < -0.39 is 0 Å². The number of hydroxylamine groups is 5. The summed E-state index contributed by atoms with van der Waals surface area (Å²) >= 11 is 0. The van der Waals surface area contributed by atoms with Gasteiger partial charge in [-0.1, -0.05) is 0 Å². The first-order chi connectivity index (χ1) is 7.19. The van der Waals surface area contributed by atoms with Crippen LogP contribution in [0.4, 0.5) is 0 Å². The summed E-state index contributed by atoms with van der Waals surface area (Å²) in [5, 5.41) is 20.4. The van der Waals surface area contributed by atoms with E-state index in [0.29, 0.717) is 13.1 Å². The molecule has 0 fully saturated rings. The highest BCUT2D eigenvalue weighted by Gasteiger charge is 2.24. The van der Waals surface area contributed by atoms with Crippen LogP contribution in [0.3, 0.4) is 0 Å². The topological polar surface area (TPSA) is 46.9 Å². The maximum atomic E-state index is 9.94. The Morgan fingerprint density at radius 3 is 2.06 bits per heavy atom. The Labute approximate surface area is 99.4 Å². The predicted molar refractivity (Wildman–Crippen MR) is 64.5 cm³/mol. The molecule has 0 bridgehead atoms. The summed E-state index contributed by atoms with van der Waals surface area (Å²) in [5.74, 6) is 0. The van der Waals surface area contributed by atoms with Gasteiger partial charge in [0, 0.05) is 19.6 Å². The zero-order valence-corrected chi connectivity index (χ0v) is 11.5. The van der Waals surface area contributed by atoms with Crippen molar-refractivity contribution >= 4 is 0 Å². The molecule has 0 aromatic rings.